The second-order valence-corrected chi connectivity index (χ2v) is 9.65. The molecule has 0 spiro atoms. The molecule has 144 valence electrons. The minimum atomic E-state index is -1.53. The zero-order chi connectivity index (χ0) is 18.1. The first-order chi connectivity index (χ1) is 12.8. The lowest BCUT2D eigenvalue weighted by molar-refractivity contribution is -0.377. The number of aromatic nitrogens is 1. The van der Waals surface area contributed by atoms with Crippen LogP contribution in [0.2, 0.25) is 0 Å². The van der Waals surface area contributed by atoms with Crippen LogP contribution in [0.3, 0.4) is 0 Å². The molecule has 28 heavy (non-hydrogen) atoms. The van der Waals surface area contributed by atoms with Gasteiger partial charge in [-0.1, -0.05) is 60.7 Å². The first kappa shape index (κ1) is 24.7. The molecule has 1 nitrogen and oxygen atoms in total. The Morgan fingerprint density at radius 1 is 0.464 bits per heavy atom. The number of halogens is 2. The van der Waals surface area contributed by atoms with Gasteiger partial charge in [0.2, 0.25) is 0 Å². The van der Waals surface area contributed by atoms with Gasteiger partial charge in [-0.05, 0) is 36.4 Å². The summed E-state index contributed by atoms with van der Waals surface area (Å²) in [6.45, 7) is 2.41. The van der Waals surface area contributed by atoms with E-state index in [1.807, 2.05) is 30.6 Å². The summed E-state index contributed by atoms with van der Waals surface area (Å²) in [4.78, 5) is 2.89. The van der Waals surface area contributed by atoms with Crippen LogP contribution in [-0.4, -0.2) is 6.66 Å². The molecule has 0 unspecified atom stereocenters. The summed E-state index contributed by atoms with van der Waals surface area (Å²) in [6, 6.07) is 38.5. The maximum atomic E-state index is 2.89. The lowest BCUT2D eigenvalue weighted by Gasteiger charge is -2.22. The minimum Gasteiger partial charge on any atom is -1.00 e. The Labute approximate surface area is 203 Å². The Balaban J connectivity index is 0.000000423. The molecule has 1 heterocycles. The van der Waals surface area contributed by atoms with E-state index in [0.717, 1.165) is 0 Å². The number of hydrogen-bond donors (Lipinski definition) is 0. The molecule has 0 bridgehead atoms. The standard InChI is InChI=1S/C19H18P.C5H5N.2HI/c1-20(17-11-5-2-6-12-17,18-13-7-3-8-14-18)19-15-9-4-10-16-19;1-2-4-6-5-3-1;;/h2-16H,1H3;1-5H;2*1H/q+1;;;/p-1. The van der Waals surface area contributed by atoms with E-state index < -0.39 is 7.26 Å². The van der Waals surface area contributed by atoms with Gasteiger partial charge in [-0.25, -0.2) is 4.98 Å². The van der Waals surface area contributed by atoms with Crippen molar-refractivity contribution in [3.05, 3.63) is 122 Å². The van der Waals surface area contributed by atoms with Crippen LogP contribution in [0.1, 0.15) is 0 Å². The van der Waals surface area contributed by atoms with Crippen LogP contribution >= 0.6 is 7.26 Å². The molecule has 0 amide bonds. The molecule has 0 aliphatic rings. The largest absolute Gasteiger partial charge is 1.00 e. The highest BCUT2D eigenvalue weighted by Crippen LogP contribution is 2.51. The number of nitrogens with one attached hydrogen (secondary N) is 1. The lowest BCUT2D eigenvalue weighted by atomic mass is 10.4. The Bertz CT molecular complexity index is 765. The molecule has 0 atom stereocenters. The predicted octanol–water partition coefficient (Wildman–Crippen LogP) is -1.88. The molecule has 4 rings (SSSR count). The lowest BCUT2D eigenvalue weighted by Crippen LogP contribution is -3.00. The maximum Gasteiger partial charge on any atom is 0.166 e. The highest BCUT2D eigenvalue weighted by atomic mass is 127. The number of rotatable bonds is 3. The SMILES string of the molecule is C[P+](c1ccccc1)(c1ccccc1)c1ccccc1.[I-].[I-].c1cc[nH+]cc1. The molecule has 0 saturated heterocycles. The third kappa shape index (κ3) is 6.36. The van der Waals surface area contributed by atoms with Crippen molar-refractivity contribution in [3.8, 4) is 0 Å². The Kier molecular flexibility index (Phi) is 11.5. The van der Waals surface area contributed by atoms with Crippen LogP contribution in [0.15, 0.2) is 122 Å². The molecule has 4 aromatic rings. The first-order valence-corrected chi connectivity index (χ1v) is 11.0. The van der Waals surface area contributed by atoms with Crippen LogP contribution in [0.4, 0.5) is 0 Å². The Morgan fingerprint density at radius 3 is 0.964 bits per heavy atom. The number of benzene rings is 3. The van der Waals surface area contributed by atoms with E-state index in [4.69, 9.17) is 0 Å². The summed E-state index contributed by atoms with van der Waals surface area (Å²) in [6.07, 6.45) is 3.75. The van der Waals surface area contributed by atoms with Crippen molar-refractivity contribution in [2.24, 2.45) is 0 Å². The third-order valence-corrected chi connectivity index (χ3v) is 8.42. The molecular weight excluding hydrogens is 587 g/mol. The highest BCUT2D eigenvalue weighted by Gasteiger charge is 2.39. The highest BCUT2D eigenvalue weighted by molar-refractivity contribution is 7.95. The van der Waals surface area contributed by atoms with E-state index in [0.29, 0.717) is 0 Å². The topological polar surface area (TPSA) is 14.1 Å². The fourth-order valence-electron chi connectivity index (χ4n) is 2.97. The van der Waals surface area contributed by atoms with E-state index in [1.165, 1.54) is 15.9 Å². The molecule has 0 radical (unpaired) electrons. The number of pyridine rings is 1. The van der Waals surface area contributed by atoms with E-state index in [9.17, 15) is 0 Å². The zero-order valence-corrected chi connectivity index (χ0v) is 21.0. The van der Waals surface area contributed by atoms with Crippen molar-refractivity contribution in [1.29, 1.82) is 0 Å². The minimum absolute atomic E-state index is 0. The van der Waals surface area contributed by atoms with Gasteiger partial charge in [0.05, 0.1) is 6.66 Å². The fourth-order valence-corrected chi connectivity index (χ4v) is 6.17. The summed E-state index contributed by atoms with van der Waals surface area (Å²) >= 11 is 0. The molecule has 0 aliphatic carbocycles. The number of aromatic amines is 1. The summed E-state index contributed by atoms with van der Waals surface area (Å²) in [7, 11) is -1.53. The first-order valence-electron chi connectivity index (χ1n) is 8.76. The Hall–Kier alpha value is -1.30. The molecule has 4 heteroatoms. The molecule has 0 saturated carbocycles. The van der Waals surface area contributed by atoms with Gasteiger partial charge in [0.15, 0.2) is 12.4 Å². The van der Waals surface area contributed by atoms with E-state index in [2.05, 4.69) is 103 Å². The van der Waals surface area contributed by atoms with E-state index in [1.54, 1.807) is 0 Å². The van der Waals surface area contributed by atoms with Crippen molar-refractivity contribution < 1.29 is 52.9 Å². The van der Waals surface area contributed by atoms with Gasteiger partial charge in [0.1, 0.15) is 23.2 Å². The second-order valence-electron chi connectivity index (χ2n) is 6.09. The summed E-state index contributed by atoms with van der Waals surface area (Å²) < 4.78 is 0. The molecule has 0 aliphatic heterocycles. The monoisotopic (exact) mass is 611 g/mol. The molecule has 0 fully saturated rings. The van der Waals surface area contributed by atoms with Gasteiger partial charge in [-0.3, -0.25) is 0 Å². The van der Waals surface area contributed by atoms with E-state index in [-0.39, 0.29) is 48.0 Å². The Morgan fingerprint density at radius 2 is 0.750 bits per heavy atom. The average molecular weight is 611 g/mol. The van der Waals surface area contributed by atoms with Crippen LogP contribution < -0.4 is 68.9 Å². The molecule has 1 N–H and O–H groups in total. The van der Waals surface area contributed by atoms with Crippen molar-refractivity contribution in [3.63, 3.8) is 0 Å². The van der Waals surface area contributed by atoms with Gasteiger partial charge in [0, 0.05) is 12.1 Å². The summed E-state index contributed by atoms with van der Waals surface area (Å²) in [5.41, 5.74) is 0. The quantitative estimate of drug-likeness (QED) is 0.191. The smallest absolute Gasteiger partial charge is 0.166 e. The van der Waals surface area contributed by atoms with E-state index >= 15 is 0 Å². The van der Waals surface area contributed by atoms with Crippen LogP contribution in [0, 0.1) is 0 Å². The zero-order valence-electron chi connectivity index (χ0n) is 15.8. The van der Waals surface area contributed by atoms with Crippen molar-refractivity contribution in [1.82, 2.24) is 0 Å². The van der Waals surface area contributed by atoms with Gasteiger partial charge in [-0.2, -0.15) is 0 Å². The second kappa shape index (κ2) is 13.0. The molecular formula is C24H24I2NP. The van der Waals surface area contributed by atoms with Crippen LogP contribution in [0.25, 0.3) is 0 Å². The summed E-state index contributed by atoms with van der Waals surface area (Å²) in [5.74, 6) is 0. The van der Waals surface area contributed by atoms with Crippen LogP contribution in [0.5, 0.6) is 0 Å². The fraction of sp³-hybridized carbons (Fsp3) is 0.0417. The van der Waals surface area contributed by atoms with Crippen molar-refractivity contribution in [2.45, 2.75) is 0 Å². The maximum absolute atomic E-state index is 2.89. The average Bonchev–Trinajstić information content (AvgIpc) is 2.77. The number of hydrogen-bond acceptors (Lipinski definition) is 0. The summed E-state index contributed by atoms with van der Waals surface area (Å²) in [5, 5.41) is 4.28. The normalized spacial score (nSPS) is 9.75. The van der Waals surface area contributed by atoms with Crippen LogP contribution in [-0.2, 0) is 0 Å². The van der Waals surface area contributed by atoms with Crippen molar-refractivity contribution >= 4 is 23.2 Å². The number of H-pyrrole nitrogens is 1. The molecule has 1 aromatic heterocycles. The van der Waals surface area contributed by atoms with Gasteiger partial charge < -0.3 is 48.0 Å². The van der Waals surface area contributed by atoms with Crippen molar-refractivity contribution in [2.75, 3.05) is 6.66 Å². The van der Waals surface area contributed by atoms with Gasteiger partial charge in [-0.15, -0.1) is 0 Å². The van der Waals surface area contributed by atoms with Gasteiger partial charge >= 0.3 is 0 Å². The molecule has 3 aromatic carbocycles. The predicted molar refractivity (Wildman–Crippen MR) is 114 cm³/mol. The van der Waals surface area contributed by atoms with Gasteiger partial charge in [0.25, 0.3) is 0 Å². The third-order valence-electron chi connectivity index (χ3n) is 4.42.